The monoisotopic (exact) mass is 245 g/mol. The van der Waals surface area contributed by atoms with Gasteiger partial charge in [0.05, 0.1) is 6.04 Å². The van der Waals surface area contributed by atoms with E-state index >= 15 is 0 Å². The molecule has 2 heterocycles. The molecule has 0 spiro atoms. The molecule has 2 saturated heterocycles. The third kappa shape index (κ3) is 1.50. The van der Waals surface area contributed by atoms with Gasteiger partial charge in [-0.25, -0.2) is 0 Å². The Kier molecular flexibility index (Phi) is 2.67. The number of hydrogen-bond donors (Lipinski definition) is 0. The summed E-state index contributed by atoms with van der Waals surface area (Å²) < 4.78 is 6.14. The van der Waals surface area contributed by atoms with Crippen LogP contribution in [0.15, 0.2) is 30.3 Å². The van der Waals surface area contributed by atoms with Gasteiger partial charge in [-0.15, -0.1) is 0 Å². The Morgan fingerprint density at radius 3 is 2.39 bits per heavy atom. The molecule has 1 amide bonds. The van der Waals surface area contributed by atoms with Crippen molar-refractivity contribution in [2.45, 2.75) is 39.1 Å². The Balaban J connectivity index is 1.90. The summed E-state index contributed by atoms with van der Waals surface area (Å²) in [6.07, 6.45) is -0.0391. The van der Waals surface area contributed by atoms with Crippen molar-refractivity contribution in [3.8, 4) is 0 Å². The van der Waals surface area contributed by atoms with Gasteiger partial charge in [-0.05, 0) is 12.5 Å². The molecule has 0 N–H and O–H groups in total. The van der Waals surface area contributed by atoms with Gasteiger partial charge in [0, 0.05) is 11.8 Å². The Bertz CT molecular complexity index is 459. The van der Waals surface area contributed by atoms with Gasteiger partial charge in [0.1, 0.15) is 12.3 Å². The number of fused-ring (bicyclic) bond motifs is 1. The Morgan fingerprint density at radius 2 is 1.78 bits per heavy atom. The zero-order valence-corrected chi connectivity index (χ0v) is 11.0. The topological polar surface area (TPSA) is 29.5 Å². The molecule has 2 aliphatic rings. The van der Waals surface area contributed by atoms with E-state index in [1.54, 1.807) is 0 Å². The van der Waals surface area contributed by atoms with Crippen LogP contribution in [0.2, 0.25) is 0 Å². The first-order valence-electron chi connectivity index (χ1n) is 6.64. The van der Waals surface area contributed by atoms with Gasteiger partial charge >= 0.3 is 0 Å². The summed E-state index contributed by atoms with van der Waals surface area (Å²) in [5.41, 5.74) is 1.16. The quantitative estimate of drug-likeness (QED) is 0.761. The van der Waals surface area contributed by atoms with E-state index in [2.05, 4.69) is 26.0 Å². The summed E-state index contributed by atoms with van der Waals surface area (Å²) in [7, 11) is 0. The van der Waals surface area contributed by atoms with Crippen LogP contribution >= 0.6 is 0 Å². The van der Waals surface area contributed by atoms with Crippen molar-refractivity contribution in [3.63, 3.8) is 0 Å². The summed E-state index contributed by atoms with van der Waals surface area (Å²) in [6.45, 7) is 6.19. The summed E-state index contributed by atoms with van der Waals surface area (Å²) in [5.74, 6) is 0.585. The lowest BCUT2D eigenvalue weighted by molar-refractivity contribution is -0.133. The maximum atomic E-state index is 12.2. The maximum absolute atomic E-state index is 12.2. The van der Waals surface area contributed by atoms with Gasteiger partial charge in [0.25, 0.3) is 0 Å². The zero-order chi connectivity index (χ0) is 12.9. The van der Waals surface area contributed by atoms with Crippen molar-refractivity contribution in [2.75, 3.05) is 0 Å². The van der Waals surface area contributed by atoms with E-state index in [-0.39, 0.29) is 36.1 Å². The molecule has 5 atom stereocenters. The second-order valence-electron chi connectivity index (χ2n) is 5.49. The number of ether oxygens (including phenoxy) is 1. The SMILES string of the molecule is C[C@H]1[C@H](C)C(=O)N2[C@@H]1O[C@H](c1ccccc1)[C@@H]2C. The second kappa shape index (κ2) is 4.09. The molecule has 3 heteroatoms. The minimum Gasteiger partial charge on any atom is -0.348 e. The summed E-state index contributed by atoms with van der Waals surface area (Å²) in [4.78, 5) is 14.2. The lowest BCUT2D eigenvalue weighted by Crippen LogP contribution is -2.36. The predicted octanol–water partition coefficient (Wildman–Crippen LogP) is 2.59. The summed E-state index contributed by atoms with van der Waals surface area (Å²) >= 11 is 0. The molecule has 0 aliphatic carbocycles. The smallest absolute Gasteiger partial charge is 0.228 e. The minimum atomic E-state index is -0.0484. The van der Waals surface area contributed by atoms with Crippen molar-refractivity contribution in [1.82, 2.24) is 4.90 Å². The van der Waals surface area contributed by atoms with Gasteiger partial charge in [0.2, 0.25) is 5.91 Å². The third-order valence-electron chi connectivity index (χ3n) is 4.45. The fourth-order valence-corrected chi connectivity index (χ4v) is 3.12. The Hall–Kier alpha value is -1.35. The lowest BCUT2D eigenvalue weighted by Gasteiger charge is -2.21. The predicted molar refractivity (Wildman–Crippen MR) is 68.7 cm³/mol. The first-order valence-corrected chi connectivity index (χ1v) is 6.64. The van der Waals surface area contributed by atoms with E-state index in [4.69, 9.17) is 4.74 Å². The fraction of sp³-hybridized carbons (Fsp3) is 0.533. The first-order chi connectivity index (χ1) is 8.61. The normalized spacial score (nSPS) is 39.2. The Labute approximate surface area is 108 Å². The van der Waals surface area contributed by atoms with Crippen LogP contribution in [0.4, 0.5) is 0 Å². The van der Waals surface area contributed by atoms with E-state index in [0.29, 0.717) is 0 Å². The van der Waals surface area contributed by atoms with Crippen LogP contribution in [0.5, 0.6) is 0 Å². The second-order valence-corrected chi connectivity index (χ2v) is 5.49. The fourth-order valence-electron chi connectivity index (χ4n) is 3.12. The number of rotatable bonds is 1. The number of hydrogen-bond acceptors (Lipinski definition) is 2. The summed E-state index contributed by atoms with van der Waals surface area (Å²) in [5, 5.41) is 0. The molecule has 2 fully saturated rings. The standard InChI is InChI=1S/C15H19NO2/c1-9-10(2)15-16(14(9)17)11(3)13(18-15)12-7-5-4-6-8-12/h4-11,13,15H,1-3H3/t9-,10-,11-,13-,15+/m0/s1. The van der Waals surface area contributed by atoms with Crippen LogP contribution in [0, 0.1) is 11.8 Å². The molecule has 3 nitrogen and oxygen atoms in total. The highest BCUT2D eigenvalue weighted by Crippen LogP contribution is 2.44. The number of carbonyl (C=O) groups is 1. The molecule has 0 aromatic heterocycles. The number of nitrogens with zero attached hydrogens (tertiary/aromatic N) is 1. The third-order valence-corrected chi connectivity index (χ3v) is 4.45. The van der Waals surface area contributed by atoms with E-state index in [1.165, 1.54) is 0 Å². The van der Waals surface area contributed by atoms with E-state index in [9.17, 15) is 4.79 Å². The zero-order valence-electron chi connectivity index (χ0n) is 11.0. The van der Waals surface area contributed by atoms with Crippen LogP contribution in [0.1, 0.15) is 32.4 Å². The molecule has 18 heavy (non-hydrogen) atoms. The number of amides is 1. The molecule has 3 rings (SSSR count). The average Bonchev–Trinajstić information content (AvgIpc) is 2.84. The largest absolute Gasteiger partial charge is 0.348 e. The Morgan fingerprint density at radius 1 is 1.11 bits per heavy atom. The summed E-state index contributed by atoms with van der Waals surface area (Å²) in [6, 6.07) is 10.3. The van der Waals surface area contributed by atoms with Crippen LogP contribution in [-0.4, -0.2) is 23.1 Å². The van der Waals surface area contributed by atoms with Crippen LogP contribution in [-0.2, 0) is 9.53 Å². The molecule has 96 valence electrons. The van der Waals surface area contributed by atoms with Crippen molar-refractivity contribution in [2.24, 2.45) is 11.8 Å². The molecular formula is C15H19NO2. The van der Waals surface area contributed by atoms with Crippen molar-refractivity contribution >= 4 is 5.91 Å². The minimum absolute atomic E-state index is 0.00935. The van der Waals surface area contributed by atoms with Crippen LogP contribution in [0.3, 0.4) is 0 Å². The van der Waals surface area contributed by atoms with E-state index < -0.39 is 0 Å². The lowest BCUT2D eigenvalue weighted by atomic mass is 9.98. The van der Waals surface area contributed by atoms with Gasteiger partial charge in [-0.3, -0.25) is 4.79 Å². The van der Waals surface area contributed by atoms with Crippen LogP contribution < -0.4 is 0 Å². The van der Waals surface area contributed by atoms with E-state index in [0.717, 1.165) is 5.56 Å². The van der Waals surface area contributed by atoms with Gasteiger partial charge in [-0.1, -0.05) is 44.2 Å². The molecule has 0 bridgehead atoms. The van der Waals surface area contributed by atoms with Crippen LogP contribution in [0.25, 0.3) is 0 Å². The van der Waals surface area contributed by atoms with Crippen molar-refractivity contribution in [1.29, 1.82) is 0 Å². The van der Waals surface area contributed by atoms with E-state index in [1.807, 2.05) is 30.0 Å². The highest BCUT2D eigenvalue weighted by atomic mass is 16.5. The van der Waals surface area contributed by atoms with Crippen molar-refractivity contribution in [3.05, 3.63) is 35.9 Å². The van der Waals surface area contributed by atoms with Gasteiger partial charge < -0.3 is 9.64 Å². The number of benzene rings is 1. The molecule has 0 radical (unpaired) electrons. The maximum Gasteiger partial charge on any atom is 0.228 e. The highest BCUT2D eigenvalue weighted by Gasteiger charge is 2.53. The van der Waals surface area contributed by atoms with Gasteiger partial charge in [0.15, 0.2) is 0 Å². The molecular weight excluding hydrogens is 226 g/mol. The molecule has 1 aromatic carbocycles. The molecule has 2 aliphatic heterocycles. The molecule has 0 unspecified atom stereocenters. The highest BCUT2D eigenvalue weighted by molar-refractivity contribution is 5.82. The molecule has 1 aromatic rings. The van der Waals surface area contributed by atoms with Crippen molar-refractivity contribution < 1.29 is 9.53 Å². The van der Waals surface area contributed by atoms with Gasteiger partial charge in [-0.2, -0.15) is 0 Å². The first kappa shape index (κ1) is 11.7. The number of carbonyl (C=O) groups excluding carboxylic acids is 1. The average molecular weight is 245 g/mol. The molecule has 0 saturated carbocycles.